The van der Waals surface area contributed by atoms with Crippen molar-refractivity contribution in [2.24, 2.45) is 0 Å². The van der Waals surface area contributed by atoms with E-state index in [1.165, 1.54) is 16.0 Å². The molecule has 0 radical (unpaired) electrons. The van der Waals surface area contributed by atoms with Crippen LogP contribution in [0.25, 0.3) is 0 Å². The van der Waals surface area contributed by atoms with Crippen molar-refractivity contribution in [3.63, 3.8) is 0 Å². The molecule has 0 saturated heterocycles. The number of rotatable bonds is 3. The number of hydrogen-bond donors (Lipinski definition) is 1. The number of nitrogens with one attached hydrogen (secondary N) is 1. The summed E-state index contributed by atoms with van der Waals surface area (Å²) in [6.07, 6.45) is 4.82. The summed E-state index contributed by atoms with van der Waals surface area (Å²) in [5.41, 5.74) is 2.50. The highest BCUT2D eigenvalue weighted by Gasteiger charge is 2.20. The molecule has 1 unspecified atom stereocenters. The van der Waals surface area contributed by atoms with Crippen molar-refractivity contribution < 1.29 is 0 Å². The predicted octanol–water partition coefficient (Wildman–Crippen LogP) is 4.82. The van der Waals surface area contributed by atoms with Crippen LogP contribution < -0.4 is 5.32 Å². The molecule has 0 saturated carbocycles. The Morgan fingerprint density at radius 1 is 1.35 bits per heavy atom. The lowest BCUT2D eigenvalue weighted by Crippen LogP contribution is -2.24. The van der Waals surface area contributed by atoms with Crippen LogP contribution in [0.1, 0.15) is 23.6 Å². The van der Waals surface area contributed by atoms with E-state index >= 15 is 0 Å². The smallest absolute Gasteiger partial charge is 0.0410 e. The zero-order valence-corrected chi connectivity index (χ0v) is 13.9. The van der Waals surface area contributed by atoms with Gasteiger partial charge in [0.25, 0.3) is 0 Å². The van der Waals surface area contributed by atoms with Gasteiger partial charge in [-0.1, -0.05) is 11.6 Å². The topological polar surface area (TPSA) is 24.9 Å². The molecule has 1 aromatic carbocycles. The van der Waals surface area contributed by atoms with Crippen LogP contribution in [-0.4, -0.2) is 10.7 Å². The molecule has 104 valence electrons. The van der Waals surface area contributed by atoms with Crippen LogP contribution in [0.2, 0.25) is 5.02 Å². The van der Waals surface area contributed by atoms with Crippen molar-refractivity contribution >= 4 is 39.3 Å². The van der Waals surface area contributed by atoms with Crippen LogP contribution >= 0.6 is 39.3 Å². The quantitative estimate of drug-likeness (QED) is 0.839. The third kappa shape index (κ3) is 3.37. The van der Waals surface area contributed by atoms with Gasteiger partial charge in [0, 0.05) is 39.4 Å². The van der Waals surface area contributed by atoms with Gasteiger partial charge in [-0.15, -0.1) is 11.8 Å². The summed E-state index contributed by atoms with van der Waals surface area (Å²) in [5, 5.41) is 4.42. The largest absolute Gasteiger partial charge is 0.306 e. The number of fused-ring (bicyclic) bond motifs is 1. The van der Waals surface area contributed by atoms with Gasteiger partial charge in [0.1, 0.15) is 0 Å². The summed E-state index contributed by atoms with van der Waals surface area (Å²) in [5.74, 6) is 1.14. The summed E-state index contributed by atoms with van der Waals surface area (Å²) in [4.78, 5) is 5.53. The normalized spacial score (nSPS) is 17.8. The van der Waals surface area contributed by atoms with E-state index in [1.807, 2.05) is 24.0 Å². The fraction of sp³-hybridized carbons (Fsp3) is 0.267. The first-order valence-corrected chi connectivity index (χ1v) is 8.63. The average Bonchev–Trinajstić information content (AvgIpc) is 2.45. The number of pyridine rings is 1. The van der Waals surface area contributed by atoms with Gasteiger partial charge in [-0.3, -0.25) is 4.98 Å². The second kappa shape index (κ2) is 6.48. The molecule has 2 nitrogen and oxygen atoms in total. The maximum absolute atomic E-state index is 6.13. The zero-order valence-electron chi connectivity index (χ0n) is 10.8. The van der Waals surface area contributed by atoms with E-state index in [2.05, 4.69) is 44.4 Å². The van der Waals surface area contributed by atoms with Crippen LogP contribution in [-0.2, 0) is 6.54 Å². The number of hydrogen-bond acceptors (Lipinski definition) is 3. The van der Waals surface area contributed by atoms with Crippen LogP contribution in [0, 0.1) is 0 Å². The molecule has 1 N–H and O–H groups in total. The second-order valence-electron chi connectivity index (χ2n) is 4.76. The minimum atomic E-state index is 0.365. The summed E-state index contributed by atoms with van der Waals surface area (Å²) in [7, 11) is 0. The van der Waals surface area contributed by atoms with E-state index in [0.29, 0.717) is 6.04 Å². The lowest BCUT2D eigenvalue weighted by molar-refractivity contribution is 0.509. The van der Waals surface area contributed by atoms with E-state index in [-0.39, 0.29) is 0 Å². The molecule has 1 aliphatic rings. The Kier molecular flexibility index (Phi) is 4.66. The SMILES string of the molecule is Clc1ccc2c(c1)C(NCc1cncc(Br)c1)CCS2. The fourth-order valence-corrected chi connectivity index (χ4v) is 4.07. The van der Waals surface area contributed by atoms with Gasteiger partial charge in [-0.25, -0.2) is 0 Å². The van der Waals surface area contributed by atoms with E-state index < -0.39 is 0 Å². The van der Waals surface area contributed by atoms with Crippen molar-refractivity contribution in [1.82, 2.24) is 10.3 Å². The molecule has 2 aromatic rings. The first-order chi connectivity index (χ1) is 9.72. The minimum absolute atomic E-state index is 0.365. The molecule has 0 fully saturated rings. The zero-order chi connectivity index (χ0) is 13.9. The van der Waals surface area contributed by atoms with Crippen molar-refractivity contribution in [2.75, 3.05) is 5.75 Å². The number of halogens is 2. The highest BCUT2D eigenvalue weighted by molar-refractivity contribution is 9.10. The Morgan fingerprint density at radius 2 is 2.25 bits per heavy atom. The number of thioether (sulfide) groups is 1. The van der Waals surface area contributed by atoms with Crippen LogP contribution in [0.15, 0.2) is 46.0 Å². The maximum atomic E-state index is 6.13. The monoisotopic (exact) mass is 368 g/mol. The lowest BCUT2D eigenvalue weighted by Gasteiger charge is -2.26. The van der Waals surface area contributed by atoms with Gasteiger partial charge in [0.2, 0.25) is 0 Å². The first-order valence-electron chi connectivity index (χ1n) is 6.47. The Balaban J connectivity index is 1.75. The Bertz CT molecular complexity index is 621. The van der Waals surface area contributed by atoms with Gasteiger partial charge in [0.05, 0.1) is 0 Å². The van der Waals surface area contributed by atoms with Crippen molar-refractivity contribution in [3.05, 3.63) is 57.3 Å². The Morgan fingerprint density at radius 3 is 3.10 bits per heavy atom. The molecule has 1 atom stereocenters. The fourth-order valence-electron chi connectivity index (χ4n) is 2.37. The molecule has 2 heterocycles. The molecule has 5 heteroatoms. The standard InChI is InChI=1S/C15H14BrClN2S/c16-11-5-10(7-18-9-11)8-19-14-3-4-20-15-2-1-12(17)6-13(14)15/h1-2,5-7,9,14,19H,3-4,8H2. The van der Waals surface area contributed by atoms with Crippen molar-refractivity contribution in [1.29, 1.82) is 0 Å². The minimum Gasteiger partial charge on any atom is -0.306 e. The molecule has 1 aromatic heterocycles. The summed E-state index contributed by atoms with van der Waals surface area (Å²) < 4.78 is 1.01. The summed E-state index contributed by atoms with van der Waals surface area (Å²) >= 11 is 11.5. The van der Waals surface area contributed by atoms with E-state index in [9.17, 15) is 0 Å². The second-order valence-corrected chi connectivity index (χ2v) is 7.25. The molecule has 3 rings (SSSR count). The third-order valence-electron chi connectivity index (χ3n) is 3.33. The Hall–Kier alpha value is -0.550. The molecule has 0 aliphatic carbocycles. The number of nitrogens with zero attached hydrogens (tertiary/aromatic N) is 1. The molecule has 0 spiro atoms. The molecule has 0 bridgehead atoms. The summed E-state index contributed by atoms with van der Waals surface area (Å²) in [6, 6.07) is 8.63. The van der Waals surface area contributed by atoms with Gasteiger partial charge in [0.15, 0.2) is 0 Å². The Labute approximate surface area is 136 Å². The summed E-state index contributed by atoms with van der Waals surface area (Å²) in [6.45, 7) is 0.813. The van der Waals surface area contributed by atoms with Gasteiger partial charge in [-0.2, -0.15) is 0 Å². The van der Waals surface area contributed by atoms with Gasteiger partial charge < -0.3 is 5.32 Å². The van der Waals surface area contributed by atoms with Crippen LogP contribution in [0.5, 0.6) is 0 Å². The molecular formula is C15H14BrClN2S. The van der Waals surface area contributed by atoms with Crippen LogP contribution in [0.3, 0.4) is 0 Å². The van der Waals surface area contributed by atoms with Crippen molar-refractivity contribution in [3.8, 4) is 0 Å². The van der Waals surface area contributed by atoms with Gasteiger partial charge >= 0.3 is 0 Å². The molecule has 1 aliphatic heterocycles. The maximum Gasteiger partial charge on any atom is 0.0410 e. The molecule has 20 heavy (non-hydrogen) atoms. The van der Waals surface area contributed by atoms with Crippen molar-refractivity contribution in [2.45, 2.75) is 23.9 Å². The van der Waals surface area contributed by atoms with E-state index in [1.54, 1.807) is 6.20 Å². The average molecular weight is 370 g/mol. The highest BCUT2D eigenvalue weighted by Crippen LogP contribution is 2.37. The van der Waals surface area contributed by atoms with Gasteiger partial charge in [-0.05, 0) is 63.5 Å². The van der Waals surface area contributed by atoms with E-state index in [0.717, 1.165) is 28.2 Å². The highest BCUT2D eigenvalue weighted by atomic mass is 79.9. The number of aromatic nitrogens is 1. The lowest BCUT2D eigenvalue weighted by atomic mass is 10.0. The number of benzene rings is 1. The third-order valence-corrected chi connectivity index (χ3v) is 5.12. The first kappa shape index (κ1) is 14.4. The predicted molar refractivity (Wildman–Crippen MR) is 88.3 cm³/mol. The van der Waals surface area contributed by atoms with E-state index in [4.69, 9.17) is 11.6 Å². The van der Waals surface area contributed by atoms with Crippen LogP contribution in [0.4, 0.5) is 0 Å². The molecule has 0 amide bonds. The molecular weight excluding hydrogens is 356 g/mol.